The number of nitrogens with one attached hydrogen (secondary N) is 1. The van der Waals surface area contributed by atoms with Gasteiger partial charge in [-0.2, -0.15) is 0 Å². The number of amides is 1. The van der Waals surface area contributed by atoms with Gasteiger partial charge in [0.05, 0.1) is 6.61 Å². The number of hydrogen-bond donors (Lipinski definition) is 2. The highest BCUT2D eigenvalue weighted by molar-refractivity contribution is 5.81. The highest BCUT2D eigenvalue weighted by Crippen LogP contribution is 2.17. The van der Waals surface area contributed by atoms with Gasteiger partial charge < -0.3 is 20.1 Å². The smallest absolute Gasteiger partial charge is 0.253 e. The van der Waals surface area contributed by atoms with E-state index >= 15 is 0 Å². The monoisotopic (exact) mass is 250 g/mol. The minimum atomic E-state index is -0.422. The van der Waals surface area contributed by atoms with Crippen LogP contribution in [0.15, 0.2) is 24.3 Å². The molecule has 0 bridgehead atoms. The molecule has 18 heavy (non-hydrogen) atoms. The van der Waals surface area contributed by atoms with E-state index in [0.29, 0.717) is 19.7 Å². The maximum atomic E-state index is 12.1. The minimum Gasteiger partial charge on any atom is -0.508 e. The molecule has 98 valence electrons. The number of phenolic OH excluding ortho intramolecular Hbond substituents is 1. The number of nitrogens with zero attached hydrogens (tertiary/aromatic N) is 1. The first kappa shape index (κ1) is 12.9. The van der Waals surface area contributed by atoms with E-state index in [4.69, 9.17) is 4.74 Å². The van der Waals surface area contributed by atoms with Crippen LogP contribution >= 0.6 is 0 Å². The molecule has 1 amide bonds. The van der Waals surface area contributed by atoms with Gasteiger partial charge in [-0.25, -0.2) is 0 Å². The van der Waals surface area contributed by atoms with E-state index in [1.807, 2.05) is 6.07 Å². The number of carbonyl (C=O) groups excluding carboxylic acids is 1. The summed E-state index contributed by atoms with van der Waals surface area (Å²) in [6, 6.07) is 7.02. The number of ether oxygens (including phenoxy) is 1. The molecule has 5 nitrogen and oxygen atoms in total. The summed E-state index contributed by atoms with van der Waals surface area (Å²) in [4.78, 5) is 13.7. The molecule has 1 aliphatic rings. The Morgan fingerprint density at radius 1 is 1.56 bits per heavy atom. The molecule has 2 rings (SSSR count). The molecule has 1 fully saturated rings. The highest BCUT2D eigenvalue weighted by Gasteiger charge is 2.25. The van der Waals surface area contributed by atoms with Crippen molar-refractivity contribution in [3.63, 3.8) is 0 Å². The molecular weight excluding hydrogens is 232 g/mol. The van der Waals surface area contributed by atoms with Crippen molar-refractivity contribution in [2.75, 3.05) is 26.7 Å². The van der Waals surface area contributed by atoms with Crippen molar-refractivity contribution < 1.29 is 14.6 Å². The van der Waals surface area contributed by atoms with Gasteiger partial charge in [-0.3, -0.25) is 4.79 Å². The van der Waals surface area contributed by atoms with Crippen molar-refractivity contribution in [2.24, 2.45) is 0 Å². The van der Waals surface area contributed by atoms with Gasteiger partial charge in [0, 0.05) is 32.2 Å². The van der Waals surface area contributed by atoms with Gasteiger partial charge >= 0.3 is 0 Å². The van der Waals surface area contributed by atoms with Gasteiger partial charge in [0.2, 0.25) is 0 Å². The Kier molecular flexibility index (Phi) is 4.17. The van der Waals surface area contributed by atoms with Gasteiger partial charge in [0.1, 0.15) is 11.9 Å². The van der Waals surface area contributed by atoms with E-state index < -0.39 is 6.10 Å². The lowest BCUT2D eigenvalue weighted by molar-refractivity contribution is -0.144. The zero-order chi connectivity index (χ0) is 13.0. The van der Waals surface area contributed by atoms with Crippen LogP contribution in [0.2, 0.25) is 0 Å². The summed E-state index contributed by atoms with van der Waals surface area (Å²) in [5.74, 6) is 0.144. The Hall–Kier alpha value is -1.59. The fraction of sp³-hybridized carbons (Fsp3) is 0.462. The highest BCUT2D eigenvalue weighted by atomic mass is 16.5. The molecule has 5 heteroatoms. The molecule has 1 saturated heterocycles. The van der Waals surface area contributed by atoms with E-state index in [0.717, 1.165) is 12.1 Å². The van der Waals surface area contributed by atoms with Crippen LogP contribution in [0.5, 0.6) is 5.75 Å². The Labute approximate surface area is 106 Å². The quantitative estimate of drug-likeness (QED) is 0.812. The van der Waals surface area contributed by atoms with Crippen molar-refractivity contribution in [2.45, 2.75) is 12.6 Å². The van der Waals surface area contributed by atoms with Crippen LogP contribution in [0.4, 0.5) is 0 Å². The Balaban J connectivity index is 1.96. The zero-order valence-electron chi connectivity index (χ0n) is 10.4. The van der Waals surface area contributed by atoms with Crippen LogP contribution in [0, 0.1) is 0 Å². The standard InChI is InChI=1S/C13H18N2O3/c1-15(9-10-4-2-3-5-11(10)16)13(17)12-8-14-6-7-18-12/h2-5,12,14,16H,6-9H2,1H3. The number of phenols is 1. The zero-order valence-corrected chi connectivity index (χ0v) is 10.4. The van der Waals surface area contributed by atoms with Gasteiger partial charge in [-0.05, 0) is 6.07 Å². The summed E-state index contributed by atoms with van der Waals surface area (Å²) >= 11 is 0. The summed E-state index contributed by atoms with van der Waals surface area (Å²) < 4.78 is 5.41. The molecule has 1 aromatic carbocycles. The first-order valence-electron chi connectivity index (χ1n) is 6.02. The summed E-state index contributed by atoms with van der Waals surface area (Å²) in [5, 5.41) is 12.8. The first-order valence-corrected chi connectivity index (χ1v) is 6.02. The lowest BCUT2D eigenvalue weighted by Gasteiger charge is -2.27. The van der Waals surface area contributed by atoms with E-state index in [-0.39, 0.29) is 11.7 Å². The Bertz CT molecular complexity index is 416. The number of likely N-dealkylation sites (N-methyl/N-ethyl adjacent to an activating group) is 1. The summed E-state index contributed by atoms with van der Waals surface area (Å²) in [6.07, 6.45) is -0.422. The largest absolute Gasteiger partial charge is 0.508 e. The van der Waals surface area contributed by atoms with Gasteiger partial charge in [-0.15, -0.1) is 0 Å². The lowest BCUT2D eigenvalue weighted by Crippen LogP contribution is -2.48. The molecule has 1 atom stereocenters. The lowest BCUT2D eigenvalue weighted by atomic mass is 10.2. The molecule has 0 spiro atoms. The van der Waals surface area contributed by atoms with Crippen molar-refractivity contribution in [1.82, 2.24) is 10.2 Å². The maximum Gasteiger partial charge on any atom is 0.253 e. The van der Waals surface area contributed by atoms with E-state index in [1.165, 1.54) is 0 Å². The van der Waals surface area contributed by atoms with Crippen molar-refractivity contribution in [3.8, 4) is 5.75 Å². The normalized spacial score (nSPS) is 19.5. The predicted octanol–water partition coefficient (Wildman–Crippen LogP) is 0.339. The Morgan fingerprint density at radius 3 is 3.00 bits per heavy atom. The number of para-hydroxylation sites is 1. The van der Waals surface area contributed by atoms with E-state index in [1.54, 1.807) is 30.1 Å². The van der Waals surface area contributed by atoms with E-state index in [2.05, 4.69) is 5.32 Å². The number of hydrogen-bond acceptors (Lipinski definition) is 4. The average molecular weight is 250 g/mol. The molecule has 0 aliphatic carbocycles. The second-order valence-electron chi connectivity index (χ2n) is 4.39. The number of morpholine rings is 1. The third kappa shape index (κ3) is 3.00. The molecule has 1 heterocycles. The molecular formula is C13H18N2O3. The SMILES string of the molecule is CN(Cc1ccccc1O)C(=O)C1CNCCO1. The third-order valence-electron chi connectivity index (χ3n) is 2.98. The fourth-order valence-electron chi connectivity index (χ4n) is 1.95. The molecule has 1 unspecified atom stereocenters. The van der Waals surface area contributed by atoms with Crippen molar-refractivity contribution in [3.05, 3.63) is 29.8 Å². The predicted molar refractivity (Wildman–Crippen MR) is 67.2 cm³/mol. The second-order valence-corrected chi connectivity index (χ2v) is 4.39. The third-order valence-corrected chi connectivity index (χ3v) is 2.98. The maximum absolute atomic E-state index is 12.1. The van der Waals surface area contributed by atoms with E-state index in [9.17, 15) is 9.90 Å². The number of aromatic hydroxyl groups is 1. The topological polar surface area (TPSA) is 61.8 Å². The van der Waals surface area contributed by atoms with Crippen molar-refractivity contribution >= 4 is 5.91 Å². The molecule has 2 N–H and O–H groups in total. The van der Waals surface area contributed by atoms with Crippen LogP contribution in [0.25, 0.3) is 0 Å². The fourth-order valence-corrected chi connectivity index (χ4v) is 1.95. The summed E-state index contributed by atoms with van der Waals surface area (Å²) in [6.45, 7) is 2.27. The first-order chi connectivity index (χ1) is 8.68. The van der Waals surface area contributed by atoms with Crippen LogP contribution < -0.4 is 5.32 Å². The van der Waals surface area contributed by atoms with Crippen LogP contribution in [-0.2, 0) is 16.1 Å². The summed E-state index contributed by atoms with van der Waals surface area (Å²) in [5.41, 5.74) is 0.733. The minimum absolute atomic E-state index is 0.0644. The van der Waals surface area contributed by atoms with Crippen LogP contribution in [-0.4, -0.2) is 48.8 Å². The molecule has 1 aliphatic heterocycles. The number of carbonyl (C=O) groups is 1. The number of benzene rings is 1. The van der Waals surface area contributed by atoms with Gasteiger partial charge in [0.25, 0.3) is 5.91 Å². The Morgan fingerprint density at radius 2 is 2.33 bits per heavy atom. The van der Waals surface area contributed by atoms with Gasteiger partial charge in [0.15, 0.2) is 0 Å². The molecule has 0 radical (unpaired) electrons. The van der Waals surface area contributed by atoms with Crippen LogP contribution in [0.3, 0.4) is 0 Å². The molecule has 1 aromatic rings. The average Bonchev–Trinajstić information content (AvgIpc) is 2.41. The summed E-state index contributed by atoms with van der Waals surface area (Å²) in [7, 11) is 1.72. The molecule has 0 saturated carbocycles. The molecule has 0 aromatic heterocycles. The van der Waals surface area contributed by atoms with Gasteiger partial charge in [-0.1, -0.05) is 18.2 Å². The second kappa shape index (κ2) is 5.84. The number of rotatable bonds is 3. The van der Waals surface area contributed by atoms with Crippen LogP contribution in [0.1, 0.15) is 5.56 Å². The van der Waals surface area contributed by atoms with Crippen molar-refractivity contribution in [1.29, 1.82) is 0 Å².